The molecular weight excluding hydrogens is 412 g/mol. The summed E-state index contributed by atoms with van der Waals surface area (Å²) < 4.78 is 28.8. The zero-order chi connectivity index (χ0) is 21.8. The highest BCUT2D eigenvalue weighted by molar-refractivity contribution is 7.92. The number of hydrogen-bond donors (Lipinski definition) is 1. The molecule has 0 amide bonds. The van der Waals surface area contributed by atoms with Crippen molar-refractivity contribution < 1.29 is 8.42 Å². The van der Waals surface area contributed by atoms with Gasteiger partial charge in [0.25, 0.3) is 15.6 Å². The standard InChI is InChI=1S/C23H22N4O3S/c1-2-26(20-11-7-4-8-12-20)31(29,30)21-13-14-22(24-17-21)27-23(28)19(16-25-27)15-18-9-5-3-6-10-18/h3-14,16-17,25H,2,15H2,1H3. The zero-order valence-electron chi connectivity index (χ0n) is 17.0. The van der Waals surface area contributed by atoms with E-state index < -0.39 is 10.0 Å². The maximum absolute atomic E-state index is 13.1. The van der Waals surface area contributed by atoms with Crippen molar-refractivity contribution >= 4 is 15.7 Å². The number of sulfonamides is 1. The molecule has 2 heterocycles. The van der Waals surface area contributed by atoms with Crippen LogP contribution in [0.3, 0.4) is 0 Å². The number of rotatable bonds is 7. The number of nitrogens with one attached hydrogen (secondary N) is 1. The second-order valence-corrected chi connectivity index (χ2v) is 8.82. The van der Waals surface area contributed by atoms with E-state index in [1.807, 2.05) is 36.4 Å². The molecule has 4 aromatic rings. The van der Waals surface area contributed by atoms with Gasteiger partial charge >= 0.3 is 0 Å². The Balaban J connectivity index is 1.61. The van der Waals surface area contributed by atoms with Crippen LogP contribution in [0.1, 0.15) is 18.1 Å². The van der Waals surface area contributed by atoms with Crippen LogP contribution in [0.4, 0.5) is 5.69 Å². The van der Waals surface area contributed by atoms with Crippen molar-refractivity contribution in [2.24, 2.45) is 0 Å². The van der Waals surface area contributed by atoms with E-state index in [4.69, 9.17) is 0 Å². The molecule has 0 aliphatic heterocycles. The van der Waals surface area contributed by atoms with Crippen LogP contribution in [0.5, 0.6) is 0 Å². The lowest BCUT2D eigenvalue weighted by Gasteiger charge is -2.22. The average molecular weight is 435 g/mol. The first-order valence-electron chi connectivity index (χ1n) is 9.88. The molecule has 0 bridgehead atoms. The topological polar surface area (TPSA) is 88.1 Å². The molecule has 31 heavy (non-hydrogen) atoms. The first kappa shape index (κ1) is 20.6. The number of H-pyrrole nitrogens is 1. The Morgan fingerprint density at radius 2 is 1.65 bits per heavy atom. The van der Waals surface area contributed by atoms with E-state index in [1.165, 1.54) is 27.3 Å². The predicted octanol–water partition coefficient (Wildman–Crippen LogP) is 3.37. The maximum atomic E-state index is 13.1. The fourth-order valence-corrected chi connectivity index (χ4v) is 4.81. The average Bonchev–Trinajstić information content (AvgIpc) is 3.15. The number of pyridine rings is 1. The SMILES string of the molecule is CCN(c1ccccc1)S(=O)(=O)c1ccc(-n2[nH]cc(Cc3ccccc3)c2=O)nc1. The van der Waals surface area contributed by atoms with Crippen LogP contribution in [0, 0.1) is 0 Å². The Morgan fingerprint density at radius 3 is 2.26 bits per heavy atom. The Bertz CT molecular complexity index is 1310. The largest absolute Gasteiger partial charge is 0.296 e. The van der Waals surface area contributed by atoms with Gasteiger partial charge in [0.15, 0.2) is 5.82 Å². The number of para-hydroxylation sites is 1. The molecule has 0 aliphatic rings. The van der Waals surface area contributed by atoms with Gasteiger partial charge in [-0.1, -0.05) is 48.5 Å². The third kappa shape index (κ3) is 4.15. The lowest BCUT2D eigenvalue weighted by atomic mass is 10.1. The quantitative estimate of drug-likeness (QED) is 0.483. The highest BCUT2D eigenvalue weighted by Gasteiger charge is 2.24. The molecule has 7 nitrogen and oxygen atoms in total. The highest BCUT2D eigenvalue weighted by atomic mass is 32.2. The smallest absolute Gasteiger partial charge is 0.276 e. The molecule has 1 N–H and O–H groups in total. The summed E-state index contributed by atoms with van der Waals surface area (Å²) in [4.78, 5) is 17.1. The maximum Gasteiger partial charge on any atom is 0.276 e. The summed E-state index contributed by atoms with van der Waals surface area (Å²) in [6, 6.07) is 21.6. The third-order valence-electron chi connectivity index (χ3n) is 4.95. The van der Waals surface area contributed by atoms with Gasteiger partial charge in [-0.25, -0.2) is 18.1 Å². The molecule has 4 rings (SSSR count). The summed E-state index contributed by atoms with van der Waals surface area (Å²) in [6.07, 6.45) is 3.43. The number of benzene rings is 2. The lowest BCUT2D eigenvalue weighted by molar-refractivity contribution is 0.591. The molecule has 0 atom stereocenters. The van der Waals surface area contributed by atoms with E-state index in [0.29, 0.717) is 23.5 Å². The van der Waals surface area contributed by atoms with Gasteiger partial charge in [0, 0.05) is 30.9 Å². The summed E-state index contributed by atoms with van der Waals surface area (Å²) in [5.74, 6) is 0.325. The van der Waals surface area contributed by atoms with E-state index in [1.54, 1.807) is 37.4 Å². The number of aromatic amines is 1. The highest BCUT2D eigenvalue weighted by Crippen LogP contribution is 2.23. The Labute approximate surface area is 180 Å². The molecule has 0 saturated heterocycles. The minimum Gasteiger partial charge on any atom is -0.296 e. The van der Waals surface area contributed by atoms with E-state index >= 15 is 0 Å². The monoisotopic (exact) mass is 434 g/mol. The Hall–Kier alpha value is -3.65. The zero-order valence-corrected chi connectivity index (χ0v) is 17.8. The fraction of sp³-hybridized carbons (Fsp3) is 0.130. The molecule has 0 fully saturated rings. The molecule has 2 aromatic carbocycles. The first-order valence-corrected chi connectivity index (χ1v) is 11.3. The molecule has 0 unspecified atom stereocenters. The van der Waals surface area contributed by atoms with E-state index in [2.05, 4.69) is 10.1 Å². The number of nitrogens with zero attached hydrogens (tertiary/aromatic N) is 3. The van der Waals surface area contributed by atoms with Crippen LogP contribution in [-0.4, -0.2) is 29.7 Å². The van der Waals surface area contributed by atoms with E-state index in [9.17, 15) is 13.2 Å². The van der Waals surface area contributed by atoms with Crippen molar-refractivity contribution in [3.05, 3.63) is 107 Å². The third-order valence-corrected chi connectivity index (χ3v) is 6.84. The predicted molar refractivity (Wildman–Crippen MR) is 120 cm³/mol. The number of anilines is 1. The van der Waals surface area contributed by atoms with E-state index in [-0.39, 0.29) is 17.0 Å². The van der Waals surface area contributed by atoms with Crippen molar-refractivity contribution in [3.63, 3.8) is 0 Å². The second kappa shape index (κ2) is 8.61. The number of aromatic nitrogens is 3. The van der Waals surface area contributed by atoms with Crippen molar-refractivity contribution in [2.45, 2.75) is 18.2 Å². The van der Waals surface area contributed by atoms with E-state index in [0.717, 1.165) is 5.56 Å². The molecule has 2 aromatic heterocycles. The molecular formula is C23H22N4O3S. The Kier molecular flexibility index (Phi) is 5.73. The first-order chi connectivity index (χ1) is 15.0. The Morgan fingerprint density at radius 1 is 0.968 bits per heavy atom. The van der Waals surface area contributed by atoms with Gasteiger partial charge < -0.3 is 0 Å². The minimum atomic E-state index is -3.78. The summed E-state index contributed by atoms with van der Waals surface area (Å²) in [5, 5.41) is 2.91. The van der Waals surface area contributed by atoms with Crippen LogP contribution in [0.2, 0.25) is 0 Å². The lowest BCUT2D eigenvalue weighted by Crippen LogP contribution is -2.30. The van der Waals surface area contributed by atoms with Gasteiger partial charge in [-0.05, 0) is 36.8 Å². The van der Waals surface area contributed by atoms with Crippen molar-refractivity contribution in [1.82, 2.24) is 14.8 Å². The van der Waals surface area contributed by atoms with Crippen molar-refractivity contribution in [2.75, 3.05) is 10.8 Å². The summed E-state index contributed by atoms with van der Waals surface area (Å²) in [6.45, 7) is 2.06. The molecule has 0 aliphatic carbocycles. The van der Waals surface area contributed by atoms with Gasteiger partial charge in [0.2, 0.25) is 0 Å². The van der Waals surface area contributed by atoms with Gasteiger partial charge in [0.1, 0.15) is 4.90 Å². The van der Waals surface area contributed by atoms with Crippen LogP contribution in [0.25, 0.3) is 5.82 Å². The van der Waals surface area contributed by atoms with Gasteiger partial charge in [0.05, 0.1) is 5.69 Å². The van der Waals surface area contributed by atoms with Crippen LogP contribution < -0.4 is 9.86 Å². The van der Waals surface area contributed by atoms with Crippen LogP contribution >= 0.6 is 0 Å². The second-order valence-electron chi connectivity index (χ2n) is 6.96. The molecule has 0 spiro atoms. The van der Waals surface area contributed by atoms with Gasteiger partial charge in [-0.3, -0.25) is 14.2 Å². The van der Waals surface area contributed by atoms with Gasteiger partial charge in [-0.15, -0.1) is 0 Å². The number of hydrogen-bond acceptors (Lipinski definition) is 4. The summed E-state index contributed by atoms with van der Waals surface area (Å²) in [5.41, 5.74) is 2.00. The summed E-state index contributed by atoms with van der Waals surface area (Å²) in [7, 11) is -3.78. The molecule has 8 heteroatoms. The minimum absolute atomic E-state index is 0.0612. The fourth-order valence-electron chi connectivity index (χ4n) is 3.39. The normalized spacial score (nSPS) is 11.4. The molecule has 0 saturated carbocycles. The van der Waals surface area contributed by atoms with Gasteiger partial charge in [-0.2, -0.15) is 0 Å². The van der Waals surface area contributed by atoms with Crippen LogP contribution in [-0.2, 0) is 16.4 Å². The van der Waals surface area contributed by atoms with Crippen molar-refractivity contribution in [3.8, 4) is 5.82 Å². The summed E-state index contributed by atoms with van der Waals surface area (Å²) >= 11 is 0. The molecule has 158 valence electrons. The molecule has 0 radical (unpaired) electrons. The van der Waals surface area contributed by atoms with Crippen LogP contribution in [0.15, 0.2) is 94.9 Å². The van der Waals surface area contributed by atoms with Crippen molar-refractivity contribution in [1.29, 1.82) is 0 Å².